The van der Waals surface area contributed by atoms with Crippen LogP contribution in [0.3, 0.4) is 0 Å². The van der Waals surface area contributed by atoms with Gasteiger partial charge in [0.25, 0.3) is 0 Å². The molecule has 0 fully saturated rings. The molecule has 0 atom stereocenters. The fourth-order valence-corrected chi connectivity index (χ4v) is 2.41. The first-order chi connectivity index (χ1) is 11.3. The summed E-state index contributed by atoms with van der Waals surface area (Å²) < 4.78 is 7.45. The molecular formula is C18H17N3O2. The molecule has 0 spiro atoms. The van der Waals surface area contributed by atoms with E-state index in [4.69, 9.17) is 4.74 Å². The van der Waals surface area contributed by atoms with Crippen LogP contribution in [0.25, 0.3) is 11.3 Å². The van der Waals surface area contributed by atoms with Gasteiger partial charge < -0.3 is 4.74 Å². The number of aryl methyl sites for hydroxylation is 1. The number of carbonyl (C=O) groups is 1. The number of hydrogen-bond donors (Lipinski definition) is 0. The molecule has 23 heavy (non-hydrogen) atoms. The molecular weight excluding hydrogens is 290 g/mol. The average Bonchev–Trinajstić information content (AvgIpc) is 2.99. The standard InChI is InChI=1S/C18H17N3O2/c1-14-6-5-9-16(12-14)23-11-10-21-18(17(13-22)19-20-21)15-7-3-2-4-8-15/h2-9,12-13H,10-11H2,1H3. The minimum absolute atomic E-state index is 0.340. The van der Waals surface area contributed by atoms with Crippen LogP contribution in [0.5, 0.6) is 5.75 Å². The van der Waals surface area contributed by atoms with Gasteiger partial charge in [0.05, 0.1) is 12.2 Å². The van der Waals surface area contributed by atoms with Crippen LogP contribution in [0.1, 0.15) is 16.1 Å². The quantitative estimate of drug-likeness (QED) is 0.656. The molecule has 1 aromatic heterocycles. The molecule has 0 saturated carbocycles. The summed E-state index contributed by atoms with van der Waals surface area (Å²) in [6.45, 7) is 2.98. The molecule has 0 unspecified atom stereocenters. The summed E-state index contributed by atoms with van der Waals surface area (Å²) in [5.41, 5.74) is 3.12. The van der Waals surface area contributed by atoms with E-state index in [0.717, 1.165) is 23.2 Å². The molecule has 0 aliphatic rings. The van der Waals surface area contributed by atoms with E-state index >= 15 is 0 Å². The Hall–Kier alpha value is -2.95. The lowest BCUT2D eigenvalue weighted by Gasteiger charge is -2.09. The normalized spacial score (nSPS) is 10.5. The highest BCUT2D eigenvalue weighted by Crippen LogP contribution is 2.21. The van der Waals surface area contributed by atoms with Crippen LogP contribution >= 0.6 is 0 Å². The summed E-state index contributed by atoms with van der Waals surface area (Å²) >= 11 is 0. The van der Waals surface area contributed by atoms with Gasteiger partial charge in [0.2, 0.25) is 0 Å². The van der Waals surface area contributed by atoms with Crippen LogP contribution in [-0.2, 0) is 6.54 Å². The highest BCUT2D eigenvalue weighted by atomic mass is 16.5. The van der Waals surface area contributed by atoms with E-state index in [2.05, 4.69) is 10.3 Å². The zero-order valence-electron chi connectivity index (χ0n) is 12.8. The molecule has 3 rings (SSSR count). The zero-order valence-corrected chi connectivity index (χ0v) is 12.8. The Morgan fingerprint density at radius 3 is 2.70 bits per heavy atom. The Morgan fingerprint density at radius 1 is 1.13 bits per heavy atom. The van der Waals surface area contributed by atoms with Crippen molar-refractivity contribution < 1.29 is 9.53 Å². The highest BCUT2D eigenvalue weighted by molar-refractivity contribution is 5.83. The number of aromatic nitrogens is 3. The maximum Gasteiger partial charge on any atom is 0.172 e. The number of rotatable bonds is 6. The summed E-state index contributed by atoms with van der Waals surface area (Å²) in [6.07, 6.45) is 0.729. The fraction of sp³-hybridized carbons (Fsp3) is 0.167. The van der Waals surface area contributed by atoms with E-state index in [-0.39, 0.29) is 0 Å². The van der Waals surface area contributed by atoms with Gasteiger partial charge in [0.15, 0.2) is 12.0 Å². The summed E-state index contributed by atoms with van der Waals surface area (Å²) in [5.74, 6) is 0.821. The molecule has 0 radical (unpaired) electrons. The molecule has 0 aliphatic heterocycles. The number of aldehydes is 1. The van der Waals surface area contributed by atoms with E-state index in [1.807, 2.05) is 61.5 Å². The van der Waals surface area contributed by atoms with Gasteiger partial charge in [-0.15, -0.1) is 5.10 Å². The summed E-state index contributed by atoms with van der Waals surface area (Å²) in [5, 5.41) is 8.01. The van der Waals surface area contributed by atoms with Gasteiger partial charge in [-0.05, 0) is 24.6 Å². The fourth-order valence-electron chi connectivity index (χ4n) is 2.41. The third-order valence-electron chi connectivity index (χ3n) is 3.48. The van der Waals surface area contributed by atoms with Crippen molar-refractivity contribution in [2.45, 2.75) is 13.5 Å². The summed E-state index contributed by atoms with van der Waals surface area (Å²) in [6, 6.07) is 17.5. The second kappa shape index (κ2) is 6.87. The van der Waals surface area contributed by atoms with Gasteiger partial charge in [0.1, 0.15) is 12.4 Å². The molecule has 3 aromatic rings. The van der Waals surface area contributed by atoms with Crippen molar-refractivity contribution in [2.75, 3.05) is 6.61 Å². The smallest absolute Gasteiger partial charge is 0.172 e. The lowest BCUT2D eigenvalue weighted by atomic mass is 10.1. The number of hydrogen-bond acceptors (Lipinski definition) is 4. The first kappa shape index (κ1) is 15.0. The van der Waals surface area contributed by atoms with Crippen molar-refractivity contribution in [3.8, 4) is 17.0 Å². The van der Waals surface area contributed by atoms with E-state index in [9.17, 15) is 4.79 Å². The van der Waals surface area contributed by atoms with E-state index in [1.54, 1.807) is 4.68 Å². The van der Waals surface area contributed by atoms with Crippen molar-refractivity contribution in [1.29, 1.82) is 0 Å². The topological polar surface area (TPSA) is 57.0 Å². The third-order valence-corrected chi connectivity index (χ3v) is 3.48. The Labute approximate surface area is 134 Å². The predicted octanol–water partition coefficient (Wildman–Crippen LogP) is 3.15. The van der Waals surface area contributed by atoms with E-state index in [0.29, 0.717) is 24.5 Å². The lowest BCUT2D eigenvalue weighted by Crippen LogP contribution is -2.11. The molecule has 2 aromatic carbocycles. The third kappa shape index (κ3) is 3.45. The van der Waals surface area contributed by atoms with Crippen LogP contribution in [-0.4, -0.2) is 27.9 Å². The zero-order chi connectivity index (χ0) is 16.1. The van der Waals surface area contributed by atoms with Crippen LogP contribution in [0.4, 0.5) is 0 Å². The number of nitrogens with zero attached hydrogens (tertiary/aromatic N) is 3. The van der Waals surface area contributed by atoms with Crippen molar-refractivity contribution in [3.63, 3.8) is 0 Å². The lowest BCUT2D eigenvalue weighted by molar-refractivity contribution is 0.111. The molecule has 0 bridgehead atoms. The van der Waals surface area contributed by atoms with E-state index < -0.39 is 0 Å². The maximum absolute atomic E-state index is 11.2. The molecule has 0 aliphatic carbocycles. The molecule has 5 nitrogen and oxygen atoms in total. The first-order valence-corrected chi connectivity index (χ1v) is 7.41. The molecule has 1 heterocycles. The molecule has 0 amide bonds. The van der Waals surface area contributed by atoms with Crippen LogP contribution in [0, 0.1) is 6.92 Å². The molecule has 5 heteroatoms. The SMILES string of the molecule is Cc1cccc(OCCn2nnc(C=O)c2-c2ccccc2)c1. The van der Waals surface area contributed by atoms with E-state index in [1.165, 1.54) is 0 Å². The summed E-state index contributed by atoms with van der Waals surface area (Å²) in [7, 11) is 0. The minimum atomic E-state index is 0.340. The second-order valence-corrected chi connectivity index (χ2v) is 5.20. The van der Waals surface area contributed by atoms with Gasteiger partial charge in [-0.3, -0.25) is 4.79 Å². The molecule has 0 N–H and O–H groups in total. The first-order valence-electron chi connectivity index (χ1n) is 7.41. The van der Waals surface area contributed by atoms with Crippen molar-refractivity contribution >= 4 is 6.29 Å². The van der Waals surface area contributed by atoms with Gasteiger partial charge in [-0.2, -0.15) is 0 Å². The maximum atomic E-state index is 11.2. The molecule has 116 valence electrons. The Kier molecular flexibility index (Phi) is 4.47. The van der Waals surface area contributed by atoms with Crippen LogP contribution in [0.2, 0.25) is 0 Å². The second-order valence-electron chi connectivity index (χ2n) is 5.20. The van der Waals surface area contributed by atoms with Crippen molar-refractivity contribution in [1.82, 2.24) is 15.0 Å². The van der Waals surface area contributed by atoms with Crippen molar-refractivity contribution in [2.24, 2.45) is 0 Å². The van der Waals surface area contributed by atoms with Gasteiger partial charge in [-0.25, -0.2) is 4.68 Å². The predicted molar refractivity (Wildman–Crippen MR) is 87.5 cm³/mol. The van der Waals surface area contributed by atoms with Gasteiger partial charge in [-0.1, -0.05) is 47.7 Å². The monoisotopic (exact) mass is 307 g/mol. The largest absolute Gasteiger partial charge is 0.492 e. The summed E-state index contributed by atoms with van der Waals surface area (Å²) in [4.78, 5) is 11.2. The van der Waals surface area contributed by atoms with Gasteiger partial charge in [0, 0.05) is 5.56 Å². The Bertz CT molecular complexity index is 797. The van der Waals surface area contributed by atoms with Crippen LogP contribution in [0.15, 0.2) is 54.6 Å². The van der Waals surface area contributed by atoms with Crippen LogP contribution < -0.4 is 4.74 Å². The minimum Gasteiger partial charge on any atom is -0.492 e. The Morgan fingerprint density at radius 2 is 1.96 bits per heavy atom. The van der Waals surface area contributed by atoms with Crippen molar-refractivity contribution in [3.05, 3.63) is 65.9 Å². The molecule has 0 saturated heterocycles. The Balaban J connectivity index is 1.76. The van der Waals surface area contributed by atoms with Gasteiger partial charge >= 0.3 is 0 Å². The number of carbonyl (C=O) groups excluding carboxylic acids is 1. The number of benzene rings is 2. The number of ether oxygens (including phenoxy) is 1. The average molecular weight is 307 g/mol. The highest BCUT2D eigenvalue weighted by Gasteiger charge is 2.14.